The van der Waals surface area contributed by atoms with Gasteiger partial charge < -0.3 is 14.6 Å². The number of hydrogen-bond acceptors (Lipinski definition) is 6. The number of rotatable bonds is 4. The van der Waals surface area contributed by atoms with E-state index < -0.39 is 5.60 Å². The zero-order valence-electron chi connectivity index (χ0n) is 18.1. The molecule has 0 unspecified atom stereocenters. The summed E-state index contributed by atoms with van der Waals surface area (Å²) in [6.07, 6.45) is 5.97. The van der Waals surface area contributed by atoms with Gasteiger partial charge in [-0.2, -0.15) is 0 Å². The molecule has 1 saturated heterocycles. The van der Waals surface area contributed by atoms with Crippen LogP contribution in [0.3, 0.4) is 0 Å². The van der Waals surface area contributed by atoms with Gasteiger partial charge in [0, 0.05) is 17.1 Å². The van der Waals surface area contributed by atoms with Crippen LogP contribution < -0.4 is 4.74 Å². The zero-order chi connectivity index (χ0) is 21.8. The molecule has 31 heavy (non-hydrogen) atoms. The summed E-state index contributed by atoms with van der Waals surface area (Å²) in [5.74, 6) is 0.565. The minimum atomic E-state index is -0.908. The van der Waals surface area contributed by atoms with Crippen molar-refractivity contribution < 1.29 is 19.4 Å². The molecule has 7 heteroatoms. The van der Waals surface area contributed by atoms with Gasteiger partial charge in [0.25, 0.3) is 0 Å². The minimum absolute atomic E-state index is 0.000747. The van der Waals surface area contributed by atoms with Crippen LogP contribution in [0.2, 0.25) is 0 Å². The van der Waals surface area contributed by atoms with Crippen LogP contribution in [0, 0.1) is 17.3 Å². The number of aliphatic hydroxyl groups is 1. The predicted octanol–water partition coefficient (Wildman–Crippen LogP) is 3.38. The minimum Gasteiger partial charge on any atom is -0.497 e. The number of hydrogen-bond donors (Lipinski definition) is 1. The summed E-state index contributed by atoms with van der Waals surface area (Å²) in [5.41, 5.74) is 1.29. The molecule has 5 rings (SSSR count). The highest BCUT2D eigenvalue weighted by atomic mass is 16.6. The number of fused-ring (bicyclic) bond motifs is 2. The van der Waals surface area contributed by atoms with E-state index in [1.165, 1.54) is 0 Å². The van der Waals surface area contributed by atoms with Gasteiger partial charge in [-0.05, 0) is 67.7 Å². The topological polar surface area (TPSA) is 86.5 Å². The molecule has 2 aliphatic carbocycles. The van der Waals surface area contributed by atoms with Gasteiger partial charge in [0.15, 0.2) is 0 Å². The third-order valence-electron chi connectivity index (χ3n) is 7.78. The Kier molecular flexibility index (Phi) is 4.70. The molecule has 1 aromatic heterocycles. The van der Waals surface area contributed by atoms with Crippen molar-refractivity contribution >= 4 is 5.97 Å². The third-order valence-corrected chi connectivity index (χ3v) is 7.78. The predicted molar refractivity (Wildman–Crippen MR) is 114 cm³/mol. The van der Waals surface area contributed by atoms with Crippen LogP contribution in [-0.2, 0) is 16.1 Å². The van der Waals surface area contributed by atoms with Crippen molar-refractivity contribution in [3.05, 3.63) is 42.6 Å². The second-order valence-electron chi connectivity index (χ2n) is 9.71. The largest absolute Gasteiger partial charge is 0.497 e. The fourth-order valence-electron chi connectivity index (χ4n) is 6.15. The highest BCUT2D eigenvalue weighted by molar-refractivity contribution is 5.90. The van der Waals surface area contributed by atoms with E-state index in [2.05, 4.69) is 23.8 Å². The molecule has 0 spiro atoms. The summed E-state index contributed by atoms with van der Waals surface area (Å²) in [6.45, 7) is 6.59. The quantitative estimate of drug-likeness (QED) is 0.599. The summed E-state index contributed by atoms with van der Waals surface area (Å²) in [5, 5.41) is 20.5. The van der Waals surface area contributed by atoms with Crippen LogP contribution in [0.15, 0.2) is 42.6 Å². The van der Waals surface area contributed by atoms with Crippen molar-refractivity contribution in [1.29, 1.82) is 0 Å². The van der Waals surface area contributed by atoms with E-state index in [1.807, 2.05) is 30.5 Å². The summed E-state index contributed by atoms with van der Waals surface area (Å²) >= 11 is 0. The molecule has 7 nitrogen and oxygen atoms in total. The fourth-order valence-corrected chi connectivity index (χ4v) is 6.15. The standard InChI is InChI=1S/C24H29N3O4/c1-15-18-11-21-23(2,12-20(18)31-22(15)28)9-4-10-24(21,29)14-27-13-19(25-26-27)16-5-7-17(30-3)8-6-16/h5-8,13,18,20-21,29H,1,4,9-12,14H2,2-3H3/t18-,20-,21-,23-,24+/m1/s1. The van der Waals surface area contributed by atoms with Crippen molar-refractivity contribution in [2.24, 2.45) is 17.3 Å². The highest BCUT2D eigenvalue weighted by Crippen LogP contribution is 2.58. The van der Waals surface area contributed by atoms with Gasteiger partial charge in [-0.3, -0.25) is 0 Å². The lowest BCUT2D eigenvalue weighted by Gasteiger charge is -2.55. The normalized spacial score (nSPS) is 34.7. The van der Waals surface area contributed by atoms with Crippen LogP contribution in [-0.4, -0.2) is 44.9 Å². The number of nitrogens with zero attached hydrogens (tertiary/aromatic N) is 3. The Hall–Kier alpha value is -2.67. The molecule has 164 valence electrons. The van der Waals surface area contributed by atoms with E-state index in [0.29, 0.717) is 18.5 Å². The molecule has 0 amide bonds. The van der Waals surface area contributed by atoms with Crippen molar-refractivity contribution in [1.82, 2.24) is 15.0 Å². The van der Waals surface area contributed by atoms with E-state index in [9.17, 15) is 9.90 Å². The number of ether oxygens (including phenoxy) is 2. The molecule has 1 aliphatic heterocycles. The number of carbonyl (C=O) groups excluding carboxylic acids is 1. The molecule has 3 fully saturated rings. The Bertz CT molecular complexity index is 1020. The van der Waals surface area contributed by atoms with E-state index in [4.69, 9.17) is 9.47 Å². The van der Waals surface area contributed by atoms with Gasteiger partial charge in [-0.25, -0.2) is 9.48 Å². The second-order valence-corrected chi connectivity index (χ2v) is 9.71. The number of methoxy groups -OCH3 is 1. The van der Waals surface area contributed by atoms with E-state index in [0.717, 1.165) is 42.7 Å². The summed E-state index contributed by atoms with van der Waals surface area (Å²) in [6, 6.07) is 7.68. The smallest absolute Gasteiger partial charge is 0.334 e. The third kappa shape index (κ3) is 3.35. The number of aromatic nitrogens is 3. The first-order valence-corrected chi connectivity index (χ1v) is 11.0. The molecule has 3 aliphatic rings. The summed E-state index contributed by atoms with van der Waals surface area (Å²) in [4.78, 5) is 12.1. The molecule has 1 N–H and O–H groups in total. The number of benzene rings is 1. The van der Waals surface area contributed by atoms with Gasteiger partial charge in [-0.1, -0.05) is 18.7 Å². The molecule has 2 heterocycles. The molecule has 1 aromatic carbocycles. The fraction of sp³-hybridized carbons (Fsp3) is 0.542. The maximum Gasteiger partial charge on any atom is 0.334 e. The Morgan fingerprint density at radius 3 is 2.84 bits per heavy atom. The van der Waals surface area contributed by atoms with Crippen LogP contribution in [0.25, 0.3) is 11.3 Å². The van der Waals surface area contributed by atoms with Crippen LogP contribution in [0.1, 0.15) is 39.0 Å². The monoisotopic (exact) mass is 423 g/mol. The van der Waals surface area contributed by atoms with Gasteiger partial charge >= 0.3 is 5.97 Å². The Labute approximate surface area is 182 Å². The lowest BCUT2D eigenvalue weighted by atomic mass is 9.52. The zero-order valence-corrected chi connectivity index (χ0v) is 18.1. The average molecular weight is 424 g/mol. The lowest BCUT2D eigenvalue weighted by molar-refractivity contribution is -0.164. The first kappa shape index (κ1) is 20.2. The van der Waals surface area contributed by atoms with Gasteiger partial charge in [0.05, 0.1) is 25.5 Å². The molecule has 2 saturated carbocycles. The molecular weight excluding hydrogens is 394 g/mol. The van der Waals surface area contributed by atoms with Crippen LogP contribution in [0.4, 0.5) is 0 Å². The van der Waals surface area contributed by atoms with E-state index in [-0.39, 0.29) is 29.3 Å². The highest BCUT2D eigenvalue weighted by Gasteiger charge is 2.58. The molecule has 5 atom stereocenters. The van der Waals surface area contributed by atoms with Crippen LogP contribution in [0.5, 0.6) is 5.75 Å². The van der Waals surface area contributed by atoms with Crippen LogP contribution >= 0.6 is 0 Å². The Morgan fingerprint density at radius 2 is 2.10 bits per heavy atom. The molecule has 0 bridgehead atoms. The molecule has 2 aromatic rings. The maximum atomic E-state index is 12.1. The van der Waals surface area contributed by atoms with E-state index >= 15 is 0 Å². The van der Waals surface area contributed by atoms with Crippen molar-refractivity contribution in [2.45, 2.75) is 57.3 Å². The SMILES string of the molecule is C=C1C(=O)O[C@@H]2C[C@@]3(C)CCC[C@](O)(Cn4cc(-c5ccc(OC)cc5)nn4)[C@@H]3C[C@H]12. The molecular formula is C24H29N3O4. The number of carbonyl (C=O) groups is 1. The Balaban J connectivity index is 1.39. The van der Waals surface area contributed by atoms with Crippen molar-refractivity contribution in [3.63, 3.8) is 0 Å². The lowest BCUT2D eigenvalue weighted by Crippen LogP contribution is -2.57. The van der Waals surface area contributed by atoms with Gasteiger partial charge in [0.2, 0.25) is 0 Å². The summed E-state index contributed by atoms with van der Waals surface area (Å²) in [7, 11) is 1.64. The number of esters is 1. The Morgan fingerprint density at radius 1 is 1.32 bits per heavy atom. The van der Waals surface area contributed by atoms with Crippen molar-refractivity contribution in [2.75, 3.05) is 7.11 Å². The van der Waals surface area contributed by atoms with Gasteiger partial charge in [-0.15, -0.1) is 5.10 Å². The van der Waals surface area contributed by atoms with E-state index in [1.54, 1.807) is 11.8 Å². The first-order valence-electron chi connectivity index (χ1n) is 11.0. The van der Waals surface area contributed by atoms with Crippen molar-refractivity contribution in [3.8, 4) is 17.0 Å². The second kappa shape index (κ2) is 7.19. The first-order chi connectivity index (χ1) is 14.8. The summed E-state index contributed by atoms with van der Waals surface area (Å²) < 4.78 is 12.6. The average Bonchev–Trinajstić information content (AvgIpc) is 3.31. The maximum absolute atomic E-state index is 12.1. The van der Waals surface area contributed by atoms with Gasteiger partial charge in [0.1, 0.15) is 17.5 Å². The molecule has 0 radical (unpaired) electrons.